The molecular weight excluding hydrogens is 325 g/mol. The minimum absolute atomic E-state index is 0.284. The van der Waals surface area contributed by atoms with Gasteiger partial charge in [-0.3, -0.25) is 9.48 Å². The summed E-state index contributed by atoms with van der Waals surface area (Å²) < 4.78 is 7.21. The van der Waals surface area contributed by atoms with E-state index in [-0.39, 0.29) is 5.91 Å². The average Bonchev–Trinajstić information content (AvgIpc) is 2.96. The number of carbonyl (C=O) groups excluding carboxylic acids is 1. The van der Waals surface area contributed by atoms with E-state index in [0.29, 0.717) is 27.3 Å². The molecule has 0 bridgehead atoms. The van der Waals surface area contributed by atoms with E-state index in [9.17, 15) is 4.79 Å². The Labute approximate surface area is 138 Å². The van der Waals surface area contributed by atoms with E-state index in [0.717, 1.165) is 26.1 Å². The van der Waals surface area contributed by atoms with Crippen molar-refractivity contribution in [1.29, 1.82) is 0 Å². The standard InChI is InChI=1S/C15H15Cl2N3O2/c16-10-1-2-13(14(17)7-10)15(21)19-11-8-18-20(9-11)12-3-5-22-6-4-12/h1-2,7-9,12H,3-6H2,(H,19,21). The molecule has 7 heteroatoms. The van der Waals surface area contributed by atoms with Crippen LogP contribution in [0.2, 0.25) is 10.0 Å². The Morgan fingerprint density at radius 2 is 2.09 bits per heavy atom. The maximum absolute atomic E-state index is 12.2. The summed E-state index contributed by atoms with van der Waals surface area (Å²) in [7, 11) is 0. The molecule has 2 heterocycles. The first kappa shape index (κ1) is 15.3. The van der Waals surface area contributed by atoms with Crippen LogP contribution in [0, 0.1) is 0 Å². The van der Waals surface area contributed by atoms with Crippen LogP contribution in [0.4, 0.5) is 5.69 Å². The third-order valence-electron chi connectivity index (χ3n) is 3.60. The van der Waals surface area contributed by atoms with Gasteiger partial charge >= 0.3 is 0 Å². The molecule has 0 unspecified atom stereocenters. The lowest BCUT2D eigenvalue weighted by molar-refractivity contribution is 0.0662. The fourth-order valence-corrected chi connectivity index (χ4v) is 2.92. The van der Waals surface area contributed by atoms with Crippen LogP contribution in [0.25, 0.3) is 0 Å². The van der Waals surface area contributed by atoms with Gasteiger partial charge in [0.2, 0.25) is 0 Å². The number of amides is 1. The van der Waals surface area contributed by atoms with Gasteiger partial charge in [-0.15, -0.1) is 0 Å². The van der Waals surface area contributed by atoms with Crippen molar-refractivity contribution < 1.29 is 9.53 Å². The zero-order valence-electron chi connectivity index (χ0n) is 11.8. The summed E-state index contributed by atoms with van der Waals surface area (Å²) in [5, 5.41) is 7.93. The first-order valence-electron chi connectivity index (χ1n) is 7.02. The van der Waals surface area contributed by atoms with Crippen LogP contribution in [-0.4, -0.2) is 28.9 Å². The predicted molar refractivity (Wildman–Crippen MR) is 85.7 cm³/mol. The van der Waals surface area contributed by atoms with Crippen LogP contribution in [-0.2, 0) is 4.74 Å². The van der Waals surface area contributed by atoms with E-state index in [2.05, 4.69) is 10.4 Å². The summed E-state index contributed by atoms with van der Waals surface area (Å²) in [6, 6.07) is 5.10. The molecule has 1 fully saturated rings. The Kier molecular flexibility index (Phi) is 4.66. The Balaban J connectivity index is 1.70. The Morgan fingerprint density at radius 1 is 1.32 bits per heavy atom. The van der Waals surface area contributed by atoms with Gasteiger partial charge in [0, 0.05) is 24.4 Å². The van der Waals surface area contributed by atoms with Crippen molar-refractivity contribution in [2.45, 2.75) is 18.9 Å². The zero-order valence-corrected chi connectivity index (χ0v) is 13.3. The molecule has 5 nitrogen and oxygen atoms in total. The van der Waals surface area contributed by atoms with E-state index in [1.54, 1.807) is 24.4 Å². The largest absolute Gasteiger partial charge is 0.381 e. The van der Waals surface area contributed by atoms with E-state index < -0.39 is 0 Å². The topological polar surface area (TPSA) is 56.2 Å². The van der Waals surface area contributed by atoms with Crippen LogP contribution in [0.15, 0.2) is 30.6 Å². The van der Waals surface area contributed by atoms with Crippen molar-refractivity contribution in [3.8, 4) is 0 Å². The van der Waals surface area contributed by atoms with Gasteiger partial charge in [0.25, 0.3) is 5.91 Å². The van der Waals surface area contributed by atoms with Crippen molar-refractivity contribution in [3.05, 3.63) is 46.2 Å². The number of nitrogens with one attached hydrogen (secondary N) is 1. The van der Waals surface area contributed by atoms with Crippen molar-refractivity contribution in [3.63, 3.8) is 0 Å². The van der Waals surface area contributed by atoms with Gasteiger partial charge in [-0.1, -0.05) is 23.2 Å². The summed E-state index contributed by atoms with van der Waals surface area (Å²) in [6.45, 7) is 1.49. The van der Waals surface area contributed by atoms with E-state index in [4.69, 9.17) is 27.9 Å². The van der Waals surface area contributed by atoms with Crippen LogP contribution < -0.4 is 5.32 Å². The molecule has 1 aliphatic rings. The van der Waals surface area contributed by atoms with Gasteiger partial charge < -0.3 is 10.1 Å². The fourth-order valence-electron chi connectivity index (χ4n) is 2.42. The van der Waals surface area contributed by atoms with Gasteiger partial charge in [-0.05, 0) is 31.0 Å². The monoisotopic (exact) mass is 339 g/mol. The van der Waals surface area contributed by atoms with Gasteiger partial charge in [0.1, 0.15) is 0 Å². The molecule has 1 amide bonds. The van der Waals surface area contributed by atoms with Crippen LogP contribution in [0.3, 0.4) is 0 Å². The number of rotatable bonds is 3. The molecule has 116 valence electrons. The molecule has 0 aliphatic carbocycles. The molecule has 2 aromatic rings. The summed E-state index contributed by atoms with van der Waals surface area (Å²) in [4.78, 5) is 12.2. The smallest absolute Gasteiger partial charge is 0.257 e. The van der Waals surface area contributed by atoms with Crippen LogP contribution in [0.1, 0.15) is 29.2 Å². The highest BCUT2D eigenvalue weighted by molar-refractivity contribution is 6.37. The summed E-state index contributed by atoms with van der Waals surface area (Å²) in [5.41, 5.74) is 1.02. The lowest BCUT2D eigenvalue weighted by Gasteiger charge is -2.22. The minimum Gasteiger partial charge on any atom is -0.381 e. The normalized spacial score (nSPS) is 15.7. The molecule has 1 aromatic heterocycles. The molecule has 1 N–H and O–H groups in total. The van der Waals surface area contributed by atoms with E-state index in [1.807, 2.05) is 10.9 Å². The van der Waals surface area contributed by atoms with Gasteiger partial charge in [-0.25, -0.2) is 0 Å². The number of benzene rings is 1. The van der Waals surface area contributed by atoms with Gasteiger partial charge in [0.15, 0.2) is 0 Å². The second kappa shape index (κ2) is 6.69. The lowest BCUT2D eigenvalue weighted by Crippen LogP contribution is -2.19. The maximum Gasteiger partial charge on any atom is 0.257 e. The fraction of sp³-hybridized carbons (Fsp3) is 0.333. The third-order valence-corrected chi connectivity index (χ3v) is 4.15. The van der Waals surface area contributed by atoms with Gasteiger partial charge in [-0.2, -0.15) is 5.10 Å². The maximum atomic E-state index is 12.2. The number of nitrogens with zero attached hydrogens (tertiary/aromatic N) is 2. The first-order valence-corrected chi connectivity index (χ1v) is 7.77. The highest BCUT2D eigenvalue weighted by Gasteiger charge is 2.17. The van der Waals surface area contributed by atoms with E-state index in [1.165, 1.54) is 0 Å². The quantitative estimate of drug-likeness (QED) is 0.925. The highest BCUT2D eigenvalue weighted by Crippen LogP contribution is 2.24. The van der Waals surface area contributed by atoms with E-state index >= 15 is 0 Å². The summed E-state index contributed by atoms with van der Waals surface area (Å²) in [6.07, 6.45) is 5.32. The lowest BCUT2D eigenvalue weighted by atomic mass is 10.1. The minimum atomic E-state index is -0.284. The van der Waals surface area contributed by atoms with Gasteiger partial charge in [0.05, 0.1) is 28.5 Å². The molecular formula is C15H15Cl2N3O2. The number of anilines is 1. The summed E-state index contributed by atoms with van der Waals surface area (Å²) >= 11 is 11.9. The molecule has 1 aliphatic heterocycles. The highest BCUT2D eigenvalue weighted by atomic mass is 35.5. The average molecular weight is 340 g/mol. The molecule has 22 heavy (non-hydrogen) atoms. The third kappa shape index (κ3) is 3.43. The number of ether oxygens (including phenoxy) is 1. The van der Waals surface area contributed by atoms with Crippen LogP contribution in [0.5, 0.6) is 0 Å². The molecule has 0 radical (unpaired) electrons. The Morgan fingerprint density at radius 3 is 2.82 bits per heavy atom. The van der Waals surface area contributed by atoms with Crippen molar-refractivity contribution >= 4 is 34.8 Å². The second-order valence-corrected chi connectivity index (χ2v) is 5.97. The molecule has 0 atom stereocenters. The zero-order chi connectivity index (χ0) is 15.5. The van der Waals surface area contributed by atoms with Crippen molar-refractivity contribution in [2.75, 3.05) is 18.5 Å². The number of carbonyl (C=O) groups is 1. The molecule has 0 saturated carbocycles. The van der Waals surface area contributed by atoms with Crippen molar-refractivity contribution in [2.24, 2.45) is 0 Å². The molecule has 1 aromatic carbocycles. The number of hydrogen-bond acceptors (Lipinski definition) is 3. The number of hydrogen-bond donors (Lipinski definition) is 1. The van der Waals surface area contributed by atoms with Crippen molar-refractivity contribution in [1.82, 2.24) is 9.78 Å². The Bertz CT molecular complexity index is 681. The second-order valence-electron chi connectivity index (χ2n) is 5.13. The molecule has 0 spiro atoms. The Hall–Kier alpha value is -1.56. The number of aromatic nitrogens is 2. The first-order chi connectivity index (χ1) is 10.6. The SMILES string of the molecule is O=C(Nc1cnn(C2CCOCC2)c1)c1ccc(Cl)cc1Cl. The molecule has 3 rings (SSSR count). The van der Waals surface area contributed by atoms with Crippen LogP contribution >= 0.6 is 23.2 Å². The summed E-state index contributed by atoms with van der Waals surface area (Å²) in [5.74, 6) is -0.284. The number of halogens is 2. The predicted octanol–water partition coefficient (Wildman–Crippen LogP) is 3.79. The molecule has 1 saturated heterocycles.